The molecule has 0 saturated carbocycles. The molecule has 2 aromatic rings. The molecule has 0 spiro atoms. The van der Waals surface area contributed by atoms with Crippen molar-refractivity contribution < 1.29 is 9.90 Å². The van der Waals surface area contributed by atoms with E-state index in [0.717, 1.165) is 18.8 Å². The molecule has 0 atom stereocenters. The minimum absolute atomic E-state index is 0.331. The monoisotopic (exact) mass is 301 g/mol. The summed E-state index contributed by atoms with van der Waals surface area (Å²) in [5, 5.41) is 8.38. The van der Waals surface area contributed by atoms with Gasteiger partial charge < -0.3 is 15.0 Å². The van der Waals surface area contributed by atoms with Gasteiger partial charge in [-0.2, -0.15) is 0 Å². The van der Waals surface area contributed by atoms with Crippen molar-refractivity contribution in [1.82, 2.24) is 14.9 Å². The first-order valence-electron chi connectivity index (χ1n) is 7.74. The van der Waals surface area contributed by atoms with Crippen molar-refractivity contribution >= 4 is 5.97 Å². The first kappa shape index (κ1) is 16.2. The van der Waals surface area contributed by atoms with E-state index in [4.69, 9.17) is 5.11 Å². The van der Waals surface area contributed by atoms with Crippen LogP contribution in [0.3, 0.4) is 0 Å². The first-order valence-corrected chi connectivity index (χ1v) is 7.74. The number of nitrogens with zero attached hydrogens (tertiary/aromatic N) is 2. The third-order valence-corrected chi connectivity index (χ3v) is 3.69. The predicted molar refractivity (Wildman–Crippen MR) is 86.0 cm³/mol. The summed E-state index contributed by atoms with van der Waals surface area (Å²) in [5.74, 6) is 0.237. The number of nitrogens with one attached hydrogen (secondary N) is 1. The molecular formula is C17H23N3O2. The van der Waals surface area contributed by atoms with Crippen LogP contribution >= 0.6 is 0 Å². The lowest BCUT2D eigenvalue weighted by molar-refractivity contribution is 0.0697. The van der Waals surface area contributed by atoms with Crippen molar-refractivity contribution in [1.29, 1.82) is 0 Å². The number of likely N-dealkylation sites (tertiary alicyclic amines) is 1. The van der Waals surface area contributed by atoms with Crippen LogP contribution < -0.4 is 0 Å². The summed E-state index contributed by atoms with van der Waals surface area (Å²) >= 11 is 0. The van der Waals surface area contributed by atoms with Crippen molar-refractivity contribution in [2.75, 3.05) is 19.6 Å². The Morgan fingerprint density at radius 1 is 1.18 bits per heavy atom. The standard InChI is InChI=1S/C10H17N3.C7H6O2/c1-2-7-13(8-3-1)9-4-10-11-5-6-12-10;8-7(9)6-4-2-1-3-5-6/h5-6H,1-4,7-9H2,(H,11,12);1-5H,(H,8,9). The summed E-state index contributed by atoms with van der Waals surface area (Å²) in [6, 6.07) is 8.30. The number of piperidine rings is 1. The largest absolute Gasteiger partial charge is 0.478 e. The molecule has 1 saturated heterocycles. The Balaban J connectivity index is 0.000000172. The summed E-state index contributed by atoms with van der Waals surface area (Å²) in [6.07, 6.45) is 8.94. The number of carboxylic acid groups (broad SMARTS) is 1. The van der Waals surface area contributed by atoms with Crippen molar-refractivity contribution in [3.05, 3.63) is 54.1 Å². The molecule has 0 amide bonds. The van der Waals surface area contributed by atoms with Crippen molar-refractivity contribution in [2.45, 2.75) is 25.7 Å². The van der Waals surface area contributed by atoms with Gasteiger partial charge in [-0.25, -0.2) is 9.78 Å². The number of aromatic nitrogens is 2. The third kappa shape index (κ3) is 5.69. The molecule has 1 aromatic carbocycles. The van der Waals surface area contributed by atoms with Gasteiger partial charge in [0, 0.05) is 25.4 Å². The van der Waals surface area contributed by atoms with Crippen LogP contribution in [0.4, 0.5) is 0 Å². The smallest absolute Gasteiger partial charge is 0.335 e. The molecule has 0 bridgehead atoms. The SMILES string of the molecule is O=C(O)c1ccccc1.c1c[nH]c(CCN2CCCCC2)n1. The van der Waals surface area contributed by atoms with E-state index in [9.17, 15) is 4.79 Å². The van der Waals surface area contributed by atoms with Crippen LogP contribution in [-0.2, 0) is 6.42 Å². The van der Waals surface area contributed by atoms with Gasteiger partial charge in [-0.1, -0.05) is 24.6 Å². The molecule has 0 unspecified atom stereocenters. The summed E-state index contributed by atoms with van der Waals surface area (Å²) in [4.78, 5) is 20.1. The zero-order valence-corrected chi connectivity index (χ0v) is 12.7. The number of imidazole rings is 1. The zero-order chi connectivity index (χ0) is 15.6. The number of carbonyl (C=O) groups is 1. The fraction of sp³-hybridized carbons (Fsp3) is 0.412. The normalized spacial score (nSPS) is 14.9. The molecular weight excluding hydrogens is 278 g/mol. The molecule has 1 aliphatic heterocycles. The number of rotatable bonds is 4. The van der Waals surface area contributed by atoms with E-state index in [1.165, 1.54) is 32.4 Å². The van der Waals surface area contributed by atoms with Crippen LogP contribution in [0.1, 0.15) is 35.4 Å². The van der Waals surface area contributed by atoms with Crippen LogP contribution in [0.5, 0.6) is 0 Å². The van der Waals surface area contributed by atoms with Gasteiger partial charge in [0.1, 0.15) is 5.82 Å². The van der Waals surface area contributed by atoms with Crippen LogP contribution in [0.2, 0.25) is 0 Å². The van der Waals surface area contributed by atoms with Gasteiger partial charge in [0.05, 0.1) is 5.56 Å². The number of aromatic carboxylic acids is 1. The minimum Gasteiger partial charge on any atom is -0.478 e. The van der Waals surface area contributed by atoms with Crippen LogP contribution in [-0.4, -0.2) is 45.6 Å². The van der Waals surface area contributed by atoms with E-state index < -0.39 is 5.97 Å². The summed E-state index contributed by atoms with van der Waals surface area (Å²) in [6.45, 7) is 3.72. The molecule has 1 fully saturated rings. The maximum absolute atomic E-state index is 10.2. The Hall–Kier alpha value is -2.14. The molecule has 1 aliphatic rings. The molecule has 2 heterocycles. The molecule has 0 radical (unpaired) electrons. The topological polar surface area (TPSA) is 69.2 Å². The number of carboxylic acids is 1. The number of benzene rings is 1. The lowest BCUT2D eigenvalue weighted by Crippen LogP contribution is -2.31. The Labute approximate surface area is 131 Å². The summed E-state index contributed by atoms with van der Waals surface area (Å²) < 4.78 is 0. The van der Waals surface area contributed by atoms with Crippen LogP contribution in [0.25, 0.3) is 0 Å². The average Bonchev–Trinajstić information content (AvgIpc) is 3.09. The highest BCUT2D eigenvalue weighted by molar-refractivity contribution is 5.87. The molecule has 3 rings (SSSR count). The molecule has 1 aromatic heterocycles. The lowest BCUT2D eigenvalue weighted by atomic mass is 10.1. The van der Waals surface area contributed by atoms with E-state index in [2.05, 4.69) is 14.9 Å². The number of aromatic amines is 1. The Kier molecular flexibility index (Phi) is 6.64. The maximum atomic E-state index is 10.2. The summed E-state index contributed by atoms with van der Waals surface area (Å²) in [5.41, 5.74) is 0.331. The molecule has 22 heavy (non-hydrogen) atoms. The molecule has 5 heteroatoms. The van der Waals surface area contributed by atoms with E-state index in [1.54, 1.807) is 30.3 Å². The Morgan fingerprint density at radius 3 is 2.45 bits per heavy atom. The van der Waals surface area contributed by atoms with Crippen molar-refractivity contribution in [2.24, 2.45) is 0 Å². The van der Waals surface area contributed by atoms with E-state index in [1.807, 2.05) is 12.4 Å². The molecule has 2 N–H and O–H groups in total. The fourth-order valence-electron chi connectivity index (χ4n) is 2.46. The molecule has 0 aliphatic carbocycles. The van der Waals surface area contributed by atoms with Gasteiger partial charge in [-0.05, 0) is 38.1 Å². The highest BCUT2D eigenvalue weighted by Gasteiger charge is 2.09. The second-order valence-electron chi connectivity index (χ2n) is 5.36. The highest BCUT2D eigenvalue weighted by Crippen LogP contribution is 2.08. The zero-order valence-electron chi connectivity index (χ0n) is 12.7. The second kappa shape index (κ2) is 9.00. The van der Waals surface area contributed by atoms with Crippen molar-refractivity contribution in [3.63, 3.8) is 0 Å². The van der Waals surface area contributed by atoms with E-state index in [0.29, 0.717) is 5.56 Å². The number of hydrogen-bond acceptors (Lipinski definition) is 3. The quantitative estimate of drug-likeness (QED) is 0.911. The van der Waals surface area contributed by atoms with Gasteiger partial charge >= 0.3 is 5.97 Å². The first-order chi connectivity index (χ1) is 10.8. The predicted octanol–water partition coefficient (Wildman–Crippen LogP) is 2.82. The summed E-state index contributed by atoms with van der Waals surface area (Å²) in [7, 11) is 0. The maximum Gasteiger partial charge on any atom is 0.335 e. The van der Waals surface area contributed by atoms with Gasteiger partial charge in [0.15, 0.2) is 0 Å². The average molecular weight is 301 g/mol. The van der Waals surface area contributed by atoms with Crippen molar-refractivity contribution in [3.8, 4) is 0 Å². The van der Waals surface area contributed by atoms with Gasteiger partial charge in [-0.3, -0.25) is 0 Å². The Bertz CT molecular complexity index is 534. The Morgan fingerprint density at radius 2 is 1.91 bits per heavy atom. The number of hydrogen-bond donors (Lipinski definition) is 2. The highest BCUT2D eigenvalue weighted by atomic mass is 16.4. The molecule has 5 nitrogen and oxygen atoms in total. The van der Waals surface area contributed by atoms with Crippen LogP contribution in [0.15, 0.2) is 42.7 Å². The lowest BCUT2D eigenvalue weighted by Gasteiger charge is -2.25. The van der Waals surface area contributed by atoms with Gasteiger partial charge in [0.2, 0.25) is 0 Å². The number of H-pyrrole nitrogens is 1. The van der Waals surface area contributed by atoms with Gasteiger partial charge in [-0.15, -0.1) is 0 Å². The van der Waals surface area contributed by atoms with Gasteiger partial charge in [0.25, 0.3) is 0 Å². The minimum atomic E-state index is -0.879. The molecule has 118 valence electrons. The van der Waals surface area contributed by atoms with E-state index >= 15 is 0 Å². The van der Waals surface area contributed by atoms with E-state index in [-0.39, 0.29) is 0 Å². The third-order valence-electron chi connectivity index (χ3n) is 3.69. The second-order valence-corrected chi connectivity index (χ2v) is 5.36. The fourth-order valence-corrected chi connectivity index (χ4v) is 2.46. The van der Waals surface area contributed by atoms with Crippen LogP contribution in [0, 0.1) is 0 Å².